The minimum atomic E-state index is -1.32. The topological polar surface area (TPSA) is 146 Å². The molecule has 0 aliphatic carbocycles. The zero-order chi connectivity index (χ0) is 29.5. The molecule has 10 nitrogen and oxygen atoms in total. The lowest BCUT2D eigenvalue weighted by Crippen LogP contribution is -2.59. The summed E-state index contributed by atoms with van der Waals surface area (Å²) in [5.41, 5.74) is 1.71. The average molecular weight is 555 g/mol. The summed E-state index contributed by atoms with van der Waals surface area (Å²) in [5.74, 6) is -1.91. The smallest absolute Gasteiger partial charge is 0.408 e. The number of rotatable bonds is 15. The number of nitrogens with one attached hydrogen (secondary N) is 4. The first-order valence-corrected chi connectivity index (χ1v) is 13.6. The molecule has 0 unspecified atom stereocenters. The lowest BCUT2D eigenvalue weighted by atomic mass is 9.98. The van der Waals surface area contributed by atoms with Gasteiger partial charge < -0.3 is 31.1 Å². The van der Waals surface area contributed by atoms with Crippen molar-refractivity contribution in [1.29, 1.82) is 0 Å². The van der Waals surface area contributed by atoms with Gasteiger partial charge in [-0.25, -0.2) is 4.79 Å². The van der Waals surface area contributed by atoms with Crippen molar-refractivity contribution in [3.8, 4) is 0 Å². The van der Waals surface area contributed by atoms with Crippen molar-refractivity contribution >= 4 is 23.8 Å². The third-order valence-electron chi connectivity index (χ3n) is 6.45. The summed E-state index contributed by atoms with van der Waals surface area (Å²) in [7, 11) is 0. The molecule has 2 rings (SSSR count). The maximum Gasteiger partial charge on any atom is 0.408 e. The van der Waals surface area contributed by atoms with Crippen molar-refractivity contribution in [2.24, 2.45) is 11.8 Å². The molecule has 0 saturated carbocycles. The van der Waals surface area contributed by atoms with Crippen molar-refractivity contribution < 1.29 is 29.0 Å². The van der Waals surface area contributed by atoms with Gasteiger partial charge in [-0.15, -0.1) is 0 Å². The van der Waals surface area contributed by atoms with Gasteiger partial charge in [0.1, 0.15) is 24.7 Å². The quantitative estimate of drug-likeness (QED) is 0.229. The van der Waals surface area contributed by atoms with E-state index in [-0.39, 0.29) is 24.3 Å². The van der Waals surface area contributed by atoms with Gasteiger partial charge in [0.2, 0.25) is 17.7 Å². The monoisotopic (exact) mass is 554 g/mol. The highest BCUT2D eigenvalue weighted by Gasteiger charge is 2.32. The fraction of sp³-hybridized carbons (Fsp3) is 0.467. The predicted octanol–water partition coefficient (Wildman–Crippen LogP) is 2.65. The third kappa shape index (κ3) is 11.1. The van der Waals surface area contributed by atoms with Crippen molar-refractivity contribution in [2.45, 2.75) is 71.8 Å². The van der Waals surface area contributed by atoms with Crippen LogP contribution in [0.4, 0.5) is 4.79 Å². The van der Waals surface area contributed by atoms with E-state index in [1.807, 2.05) is 81.4 Å². The van der Waals surface area contributed by atoms with E-state index in [1.54, 1.807) is 6.92 Å². The highest BCUT2D eigenvalue weighted by Crippen LogP contribution is 2.11. The summed E-state index contributed by atoms with van der Waals surface area (Å²) in [6, 6.07) is 15.3. The van der Waals surface area contributed by atoms with Gasteiger partial charge in [0, 0.05) is 6.54 Å². The van der Waals surface area contributed by atoms with Crippen LogP contribution < -0.4 is 21.3 Å². The van der Waals surface area contributed by atoms with E-state index >= 15 is 0 Å². The van der Waals surface area contributed by atoms with Gasteiger partial charge in [0.05, 0.1) is 6.61 Å². The van der Waals surface area contributed by atoms with E-state index in [4.69, 9.17) is 4.74 Å². The Morgan fingerprint density at radius 3 is 1.90 bits per heavy atom. The molecule has 0 heterocycles. The van der Waals surface area contributed by atoms with Crippen LogP contribution in [0.15, 0.2) is 60.7 Å². The highest BCUT2D eigenvalue weighted by atomic mass is 16.5. The molecule has 0 saturated heterocycles. The molecular weight excluding hydrogens is 512 g/mol. The minimum absolute atomic E-state index is 0.0345. The van der Waals surface area contributed by atoms with Crippen molar-refractivity contribution in [2.75, 3.05) is 6.61 Å². The summed E-state index contributed by atoms with van der Waals surface area (Å²) in [5, 5.41) is 20.5. The van der Waals surface area contributed by atoms with Gasteiger partial charge in [-0.2, -0.15) is 0 Å². The first kappa shape index (κ1) is 32.3. The Labute approximate surface area is 236 Å². The minimum Gasteiger partial charge on any atom is -0.445 e. The number of aliphatic hydroxyl groups excluding tert-OH is 1. The number of hydrogen-bond acceptors (Lipinski definition) is 6. The normalized spacial score (nSPS) is 13.8. The Morgan fingerprint density at radius 1 is 0.775 bits per heavy atom. The molecule has 0 radical (unpaired) electrons. The van der Waals surface area contributed by atoms with Gasteiger partial charge in [-0.05, 0) is 29.4 Å². The molecule has 40 heavy (non-hydrogen) atoms. The molecule has 4 amide bonds. The van der Waals surface area contributed by atoms with Gasteiger partial charge >= 0.3 is 6.09 Å². The standard InChI is InChI=1S/C30H42N4O6/c1-5-21(4)26(34-30(39)40-19-23-14-10-7-11-15-23)29(38)33-25(18-35)28(37)32-24(16-20(2)3)27(36)31-17-22-12-8-6-9-13-22/h6-15,20-21,24-26,35H,5,16-19H2,1-4H3,(H,31,36)(H,32,37)(H,33,38)(H,34,39)/t21-,24-,25-,26-/m0/s1. The van der Waals surface area contributed by atoms with E-state index in [0.29, 0.717) is 19.4 Å². The van der Waals surface area contributed by atoms with E-state index in [9.17, 15) is 24.3 Å². The molecule has 4 atom stereocenters. The van der Waals surface area contributed by atoms with Gasteiger partial charge in [0.15, 0.2) is 0 Å². The van der Waals surface area contributed by atoms with E-state index in [0.717, 1.165) is 11.1 Å². The molecule has 0 bridgehead atoms. The molecule has 2 aromatic carbocycles. The van der Waals surface area contributed by atoms with Crippen LogP contribution >= 0.6 is 0 Å². The second-order valence-electron chi connectivity index (χ2n) is 10.2. The van der Waals surface area contributed by atoms with Crippen LogP contribution in [0.5, 0.6) is 0 Å². The van der Waals surface area contributed by atoms with Gasteiger partial charge in [-0.1, -0.05) is 94.8 Å². The lowest BCUT2D eigenvalue weighted by Gasteiger charge is -2.27. The number of alkyl carbamates (subject to hydrolysis) is 1. The number of ether oxygens (including phenoxy) is 1. The fourth-order valence-electron chi connectivity index (χ4n) is 3.93. The predicted molar refractivity (Wildman–Crippen MR) is 152 cm³/mol. The van der Waals surface area contributed by atoms with Crippen LogP contribution in [-0.4, -0.2) is 53.7 Å². The molecule has 218 valence electrons. The molecule has 10 heteroatoms. The average Bonchev–Trinajstić information content (AvgIpc) is 2.96. The Kier molecular flexibility index (Phi) is 13.7. The number of aliphatic hydroxyl groups is 1. The highest BCUT2D eigenvalue weighted by molar-refractivity contribution is 5.94. The molecule has 0 aliphatic rings. The summed E-state index contributed by atoms with van der Waals surface area (Å²) in [4.78, 5) is 51.5. The van der Waals surface area contributed by atoms with E-state index in [2.05, 4.69) is 21.3 Å². The Morgan fingerprint density at radius 2 is 1.35 bits per heavy atom. The largest absolute Gasteiger partial charge is 0.445 e. The van der Waals surface area contributed by atoms with E-state index < -0.39 is 42.6 Å². The Bertz CT molecular complexity index is 1080. The summed E-state index contributed by atoms with van der Waals surface area (Å²) in [6.07, 6.45) is 0.148. The van der Waals surface area contributed by atoms with Crippen LogP contribution in [-0.2, 0) is 32.3 Å². The summed E-state index contributed by atoms with van der Waals surface area (Å²) < 4.78 is 5.25. The van der Waals surface area contributed by atoms with Crippen molar-refractivity contribution in [3.63, 3.8) is 0 Å². The van der Waals surface area contributed by atoms with Gasteiger partial charge in [-0.3, -0.25) is 14.4 Å². The number of carbonyl (C=O) groups is 4. The van der Waals surface area contributed by atoms with Crippen molar-refractivity contribution in [1.82, 2.24) is 21.3 Å². The molecule has 0 aromatic heterocycles. The lowest BCUT2D eigenvalue weighted by molar-refractivity contribution is -0.134. The SMILES string of the molecule is CC[C@H](C)[C@H](NC(=O)OCc1ccccc1)C(=O)N[C@@H](CO)C(=O)N[C@@H](CC(C)C)C(=O)NCc1ccccc1. The maximum absolute atomic E-state index is 13.1. The van der Waals surface area contributed by atoms with Crippen molar-refractivity contribution in [3.05, 3.63) is 71.8 Å². The Balaban J connectivity index is 2.01. The Hall–Kier alpha value is -3.92. The second-order valence-corrected chi connectivity index (χ2v) is 10.2. The zero-order valence-corrected chi connectivity index (χ0v) is 23.7. The molecular formula is C30H42N4O6. The third-order valence-corrected chi connectivity index (χ3v) is 6.45. The van der Waals surface area contributed by atoms with Crippen LogP contribution in [0.2, 0.25) is 0 Å². The van der Waals surface area contributed by atoms with E-state index in [1.165, 1.54) is 0 Å². The number of amides is 4. The second kappa shape index (κ2) is 16.9. The van der Waals surface area contributed by atoms with Crippen LogP contribution in [0.1, 0.15) is 51.7 Å². The first-order valence-electron chi connectivity index (χ1n) is 13.6. The molecule has 0 aliphatic heterocycles. The summed E-state index contributed by atoms with van der Waals surface area (Å²) >= 11 is 0. The molecule has 2 aromatic rings. The zero-order valence-electron chi connectivity index (χ0n) is 23.7. The van der Waals surface area contributed by atoms with Gasteiger partial charge in [0.25, 0.3) is 0 Å². The molecule has 0 fully saturated rings. The fourth-order valence-corrected chi connectivity index (χ4v) is 3.93. The number of carbonyl (C=O) groups excluding carboxylic acids is 4. The maximum atomic E-state index is 13.1. The number of benzene rings is 2. The molecule has 0 spiro atoms. The summed E-state index contributed by atoms with van der Waals surface area (Å²) in [6.45, 7) is 7.14. The molecule has 5 N–H and O–H groups in total. The van der Waals surface area contributed by atoms with Crippen LogP contribution in [0.3, 0.4) is 0 Å². The number of hydrogen-bond donors (Lipinski definition) is 5. The first-order chi connectivity index (χ1) is 19.1. The van der Waals surface area contributed by atoms with Crippen LogP contribution in [0, 0.1) is 11.8 Å². The van der Waals surface area contributed by atoms with Crippen LogP contribution in [0.25, 0.3) is 0 Å².